The zero-order valence-electron chi connectivity index (χ0n) is 21.7. The molecule has 0 saturated carbocycles. The maximum Gasteiger partial charge on any atom is 0.435 e. The fourth-order valence-electron chi connectivity index (χ4n) is 4.79. The summed E-state index contributed by atoms with van der Waals surface area (Å²) in [5.74, 6) is -0.788. The van der Waals surface area contributed by atoms with Gasteiger partial charge in [-0.1, -0.05) is 6.07 Å². The Morgan fingerprint density at radius 1 is 1.15 bits per heavy atom. The molecular formula is C25H28F4N6O3S2. The van der Waals surface area contributed by atoms with E-state index in [1.807, 2.05) is 5.38 Å². The van der Waals surface area contributed by atoms with Gasteiger partial charge in [0.25, 0.3) is 0 Å². The molecule has 1 saturated heterocycles. The second kappa shape index (κ2) is 11.1. The van der Waals surface area contributed by atoms with Gasteiger partial charge in [0.05, 0.1) is 17.0 Å². The van der Waals surface area contributed by atoms with Gasteiger partial charge in [0, 0.05) is 61.1 Å². The molecule has 2 aliphatic heterocycles. The van der Waals surface area contributed by atoms with E-state index in [4.69, 9.17) is 9.17 Å². The number of likely N-dealkylation sites (tertiary alicyclic amines) is 1. The number of halogens is 4. The van der Waals surface area contributed by atoms with Gasteiger partial charge in [0.1, 0.15) is 6.17 Å². The number of alkyl halides is 3. The average Bonchev–Trinajstić information content (AvgIpc) is 3.46. The van der Waals surface area contributed by atoms with Crippen LogP contribution < -0.4 is 14.8 Å². The van der Waals surface area contributed by atoms with Crippen LogP contribution in [0.25, 0.3) is 6.20 Å². The van der Waals surface area contributed by atoms with Crippen molar-refractivity contribution in [3.05, 3.63) is 68.8 Å². The molecule has 2 aromatic heterocycles. The maximum atomic E-state index is 14.4. The first-order chi connectivity index (χ1) is 18.9. The summed E-state index contributed by atoms with van der Waals surface area (Å²) in [5, 5.41) is 13.2. The van der Waals surface area contributed by atoms with Crippen LogP contribution in [0.2, 0.25) is 0 Å². The Morgan fingerprint density at radius 3 is 2.55 bits per heavy atom. The zero-order chi connectivity index (χ0) is 28.7. The van der Waals surface area contributed by atoms with E-state index in [-0.39, 0.29) is 24.4 Å². The molecule has 4 heterocycles. The highest BCUT2D eigenvalue weighted by atomic mass is 32.2. The monoisotopic (exact) mass is 600 g/mol. The molecule has 0 radical (unpaired) electrons. The predicted octanol–water partition coefficient (Wildman–Crippen LogP) is 4.34. The Labute approximate surface area is 233 Å². The third kappa shape index (κ3) is 6.48. The van der Waals surface area contributed by atoms with Gasteiger partial charge in [-0.25, -0.2) is 14.1 Å². The standard InChI is InChI=1S/C25H28F4N6O3S2/c1-15-11-21(25(27,28)29)33-35(15)10-9-34-7-5-16(6-8-34)24-32-20(14-39-24)23-30-12-17-3-4-19(26)22(18(17)13-31-23)38-40(2,36)37/h3-4,9-11,14,16,23,30-31H,5-8,12-13H2,1-2H3. The molecule has 1 atom stereocenters. The predicted molar refractivity (Wildman–Crippen MR) is 141 cm³/mol. The Bertz CT molecular complexity index is 1510. The van der Waals surface area contributed by atoms with Crippen LogP contribution in [-0.2, 0) is 29.4 Å². The third-order valence-corrected chi connectivity index (χ3v) is 8.36. The lowest BCUT2D eigenvalue weighted by atomic mass is 9.98. The van der Waals surface area contributed by atoms with Gasteiger partial charge in [0.2, 0.25) is 0 Å². The summed E-state index contributed by atoms with van der Waals surface area (Å²) in [6.07, 6.45) is 1.07. The topological polar surface area (TPSA) is 101 Å². The number of hydrogen-bond donors (Lipinski definition) is 2. The van der Waals surface area contributed by atoms with Gasteiger partial charge in [0.15, 0.2) is 17.3 Å². The van der Waals surface area contributed by atoms with Crippen molar-refractivity contribution in [2.45, 2.75) is 51.1 Å². The van der Waals surface area contributed by atoms with Gasteiger partial charge in [-0.3, -0.25) is 10.6 Å². The van der Waals surface area contributed by atoms with Crippen molar-refractivity contribution in [3.63, 3.8) is 0 Å². The molecule has 216 valence electrons. The van der Waals surface area contributed by atoms with E-state index < -0.39 is 27.8 Å². The Hall–Kier alpha value is -3.01. The summed E-state index contributed by atoms with van der Waals surface area (Å²) in [7, 11) is -3.90. The molecule has 1 unspecified atom stereocenters. The fourth-order valence-corrected chi connectivity index (χ4v) is 6.29. The van der Waals surface area contributed by atoms with Crippen LogP contribution in [0.15, 0.2) is 29.8 Å². The molecule has 15 heteroatoms. The Morgan fingerprint density at radius 2 is 1.88 bits per heavy atom. The van der Waals surface area contributed by atoms with Crippen LogP contribution in [0, 0.1) is 12.7 Å². The van der Waals surface area contributed by atoms with Crippen LogP contribution in [0.5, 0.6) is 5.75 Å². The van der Waals surface area contributed by atoms with Crippen LogP contribution in [0.1, 0.15) is 58.1 Å². The molecule has 5 rings (SSSR count). The number of piperidine rings is 1. The highest BCUT2D eigenvalue weighted by Gasteiger charge is 2.34. The number of aromatic nitrogens is 3. The normalized spacial score (nSPS) is 19.1. The van der Waals surface area contributed by atoms with Crippen molar-refractivity contribution in [2.24, 2.45) is 0 Å². The highest BCUT2D eigenvalue weighted by Crippen LogP contribution is 2.34. The molecule has 40 heavy (non-hydrogen) atoms. The number of hydrogen-bond acceptors (Lipinski definition) is 9. The molecule has 1 fully saturated rings. The summed E-state index contributed by atoms with van der Waals surface area (Å²) in [6.45, 7) is 3.59. The van der Waals surface area contributed by atoms with Gasteiger partial charge < -0.3 is 9.08 Å². The summed E-state index contributed by atoms with van der Waals surface area (Å²) >= 11 is 1.56. The smallest absolute Gasteiger partial charge is 0.379 e. The number of nitrogens with zero attached hydrogens (tertiary/aromatic N) is 4. The van der Waals surface area contributed by atoms with Crippen LogP contribution >= 0.6 is 11.3 Å². The van der Waals surface area contributed by atoms with Crippen LogP contribution in [0.4, 0.5) is 17.6 Å². The molecule has 2 N–H and O–H groups in total. The first kappa shape index (κ1) is 28.5. The van der Waals surface area contributed by atoms with Crippen LogP contribution in [0.3, 0.4) is 0 Å². The SMILES string of the molecule is Cc1cc(C(F)(F)F)nn1C=CN1CCC(c2nc(C3NCc4ccc(F)c(OS(C)(=O)=O)c4CN3)cs2)CC1. The first-order valence-corrected chi connectivity index (χ1v) is 15.2. The quantitative estimate of drug-likeness (QED) is 0.318. The highest BCUT2D eigenvalue weighted by molar-refractivity contribution is 7.86. The number of thiazole rings is 1. The largest absolute Gasteiger partial charge is 0.435 e. The third-order valence-electron chi connectivity index (χ3n) is 6.87. The van der Waals surface area contributed by atoms with Gasteiger partial charge >= 0.3 is 16.3 Å². The minimum Gasteiger partial charge on any atom is -0.379 e. The van der Waals surface area contributed by atoms with E-state index in [0.717, 1.165) is 54.5 Å². The van der Waals surface area contributed by atoms with Gasteiger partial charge in [-0.2, -0.15) is 26.7 Å². The Kier molecular flexibility index (Phi) is 7.92. The average molecular weight is 601 g/mol. The van der Waals surface area contributed by atoms with Gasteiger partial charge in [-0.15, -0.1) is 11.3 Å². The molecular weight excluding hydrogens is 572 g/mol. The van der Waals surface area contributed by atoms with Crippen LogP contribution in [-0.4, -0.2) is 47.4 Å². The molecule has 9 nitrogen and oxygen atoms in total. The molecule has 1 aromatic carbocycles. The van der Waals surface area contributed by atoms with E-state index in [2.05, 4.69) is 20.6 Å². The molecule has 0 aliphatic carbocycles. The van der Waals surface area contributed by atoms with Crippen molar-refractivity contribution in [2.75, 3.05) is 19.3 Å². The molecule has 0 bridgehead atoms. The number of benzene rings is 1. The van der Waals surface area contributed by atoms with Crippen molar-refractivity contribution < 1.29 is 30.2 Å². The second-order valence-corrected chi connectivity index (χ2v) is 12.3. The number of aryl methyl sites for hydroxylation is 1. The summed E-state index contributed by atoms with van der Waals surface area (Å²) in [4.78, 5) is 6.91. The lowest BCUT2D eigenvalue weighted by molar-refractivity contribution is -0.141. The molecule has 2 aliphatic rings. The van der Waals surface area contributed by atoms with E-state index in [1.54, 1.807) is 36.7 Å². The lowest BCUT2D eigenvalue weighted by Crippen LogP contribution is -2.31. The van der Waals surface area contributed by atoms with Crippen molar-refractivity contribution in [1.82, 2.24) is 30.3 Å². The first-order valence-electron chi connectivity index (χ1n) is 12.5. The Balaban J connectivity index is 1.19. The van der Waals surface area contributed by atoms with E-state index in [0.29, 0.717) is 17.8 Å². The zero-order valence-corrected chi connectivity index (χ0v) is 23.3. The minimum atomic E-state index is -4.48. The van der Waals surface area contributed by atoms with Crippen molar-refractivity contribution in [3.8, 4) is 5.75 Å². The lowest BCUT2D eigenvalue weighted by Gasteiger charge is -2.30. The van der Waals surface area contributed by atoms with E-state index in [9.17, 15) is 26.0 Å². The molecule has 0 spiro atoms. The second-order valence-electron chi connectivity index (χ2n) is 9.83. The number of rotatable bonds is 6. The molecule has 0 amide bonds. The van der Waals surface area contributed by atoms with Crippen molar-refractivity contribution in [1.29, 1.82) is 0 Å². The van der Waals surface area contributed by atoms with E-state index in [1.165, 1.54) is 10.7 Å². The fraction of sp³-hybridized carbons (Fsp3) is 0.440. The van der Waals surface area contributed by atoms with E-state index >= 15 is 0 Å². The number of nitrogens with one attached hydrogen (secondary N) is 2. The van der Waals surface area contributed by atoms with Gasteiger partial charge in [-0.05, 0) is 37.5 Å². The minimum absolute atomic E-state index is 0.188. The maximum absolute atomic E-state index is 14.4. The summed E-state index contributed by atoms with van der Waals surface area (Å²) in [6, 6.07) is 3.82. The molecule has 3 aromatic rings. The number of fused-ring (bicyclic) bond motifs is 1. The summed E-state index contributed by atoms with van der Waals surface area (Å²) in [5.41, 5.74) is 1.45. The van der Waals surface area contributed by atoms with Crippen molar-refractivity contribution >= 4 is 27.7 Å². The summed E-state index contributed by atoms with van der Waals surface area (Å²) < 4.78 is 82.6.